The van der Waals surface area contributed by atoms with E-state index in [0.717, 1.165) is 0 Å². The van der Waals surface area contributed by atoms with Crippen LogP contribution in [0.1, 0.15) is 0 Å². The number of halogens is 2. The van der Waals surface area contributed by atoms with Gasteiger partial charge in [-0.1, -0.05) is 0 Å². The van der Waals surface area contributed by atoms with E-state index in [9.17, 15) is 13.6 Å². The van der Waals surface area contributed by atoms with Gasteiger partial charge in [-0.25, -0.2) is 18.6 Å². The molecule has 4 aromatic heterocycles. The summed E-state index contributed by atoms with van der Waals surface area (Å²) in [5, 5.41) is 4.40. The number of imidazole rings is 1. The number of hydrogen-bond acceptors (Lipinski definition) is 10. The number of hydrogen-bond donors (Lipinski definition) is 1. The van der Waals surface area contributed by atoms with Crippen LogP contribution in [0.5, 0.6) is 5.75 Å². The van der Waals surface area contributed by atoms with Gasteiger partial charge in [-0.15, -0.1) is 5.10 Å². The average Bonchev–Trinajstić information content (AvgIpc) is 3.69. The second-order valence-corrected chi connectivity index (χ2v) is 9.69. The minimum absolute atomic E-state index is 0.0557. The summed E-state index contributed by atoms with van der Waals surface area (Å²) in [6, 6.07) is 6.04. The molecular formula is C26H29F2N9O4. The number of aromatic nitrogens is 6. The molecule has 0 spiro atoms. The number of anilines is 2. The van der Waals surface area contributed by atoms with Crippen molar-refractivity contribution < 1.29 is 22.7 Å². The Morgan fingerprint density at radius 2 is 1.80 bits per heavy atom. The highest BCUT2D eigenvalue weighted by molar-refractivity contribution is 5.88. The van der Waals surface area contributed by atoms with E-state index in [4.69, 9.17) is 19.6 Å². The second kappa shape index (κ2) is 10.8. The molecule has 6 rings (SSSR count). The van der Waals surface area contributed by atoms with Crippen LogP contribution in [-0.2, 0) is 18.3 Å². The number of rotatable bonds is 9. The van der Waals surface area contributed by atoms with E-state index < -0.39 is 17.4 Å². The summed E-state index contributed by atoms with van der Waals surface area (Å²) in [6.07, 6.45) is 1.52. The number of benzene rings is 1. The minimum Gasteiger partial charge on any atom is -0.485 e. The summed E-state index contributed by atoms with van der Waals surface area (Å²) in [6.45, 7) is 3.64. The molecule has 0 amide bonds. The van der Waals surface area contributed by atoms with E-state index >= 15 is 0 Å². The Morgan fingerprint density at radius 3 is 2.49 bits per heavy atom. The molecule has 1 fully saturated rings. The molecule has 1 aromatic carbocycles. The van der Waals surface area contributed by atoms with Gasteiger partial charge in [0.15, 0.2) is 34.4 Å². The third-order valence-electron chi connectivity index (χ3n) is 7.21. The standard InChI is InChI=1S/C26H29F2N9O4/c1-33-20-23(31-25(29)37-24(20)30-22(32-37)19-4-3-11-40-19)36(26(33)38)10-7-34-5-8-35(9-6-34)16-14-17(27)21(18(28)15-16)41-13-12-39-2/h3-4,11,14-15H,5-10,12-13H2,1-2H3,(H2,29,31). The smallest absolute Gasteiger partial charge is 0.330 e. The molecule has 41 heavy (non-hydrogen) atoms. The molecule has 13 nitrogen and oxygen atoms in total. The van der Waals surface area contributed by atoms with Crippen LogP contribution >= 0.6 is 0 Å². The van der Waals surface area contributed by atoms with Gasteiger partial charge < -0.3 is 24.5 Å². The molecule has 0 bridgehead atoms. The summed E-state index contributed by atoms with van der Waals surface area (Å²) in [5.41, 5.74) is 7.73. The summed E-state index contributed by atoms with van der Waals surface area (Å²) < 4.78 is 49.0. The Kier molecular flexibility index (Phi) is 7.05. The molecule has 0 aliphatic carbocycles. The van der Waals surface area contributed by atoms with Crippen molar-refractivity contribution in [2.24, 2.45) is 7.05 Å². The fraction of sp³-hybridized carbons (Fsp3) is 0.385. The summed E-state index contributed by atoms with van der Waals surface area (Å²) >= 11 is 0. The predicted octanol–water partition coefficient (Wildman–Crippen LogP) is 1.75. The number of nitrogens with two attached hydrogens (primary N) is 1. The van der Waals surface area contributed by atoms with Crippen molar-refractivity contribution in [1.82, 2.24) is 33.6 Å². The van der Waals surface area contributed by atoms with Crippen LogP contribution in [0.3, 0.4) is 0 Å². The van der Waals surface area contributed by atoms with Crippen molar-refractivity contribution in [3.8, 4) is 17.3 Å². The van der Waals surface area contributed by atoms with Crippen LogP contribution in [0.2, 0.25) is 0 Å². The van der Waals surface area contributed by atoms with Crippen molar-refractivity contribution in [3.63, 3.8) is 0 Å². The molecule has 1 saturated heterocycles. The Bertz CT molecular complexity index is 1730. The number of furan rings is 1. The van der Waals surface area contributed by atoms with E-state index in [1.54, 1.807) is 23.7 Å². The molecule has 15 heteroatoms. The SMILES string of the molecule is COCCOc1c(F)cc(N2CCN(CCn3c(=O)n(C)c4c3nc(N)n3nc(-c5ccco5)nc43)CC2)cc1F. The average molecular weight is 570 g/mol. The van der Waals surface area contributed by atoms with Crippen LogP contribution in [0, 0.1) is 11.6 Å². The molecule has 216 valence electrons. The third-order valence-corrected chi connectivity index (χ3v) is 7.21. The topological polar surface area (TPSA) is 134 Å². The van der Waals surface area contributed by atoms with Gasteiger partial charge in [0.2, 0.25) is 11.8 Å². The Morgan fingerprint density at radius 1 is 1.05 bits per heavy atom. The minimum atomic E-state index is -0.751. The van der Waals surface area contributed by atoms with Crippen LogP contribution in [0.4, 0.5) is 20.4 Å². The van der Waals surface area contributed by atoms with Gasteiger partial charge in [0.25, 0.3) is 0 Å². The molecule has 0 saturated carbocycles. The number of nitrogen functional groups attached to an aromatic ring is 1. The fourth-order valence-electron chi connectivity index (χ4n) is 5.07. The number of fused-ring (bicyclic) bond motifs is 3. The lowest BCUT2D eigenvalue weighted by Crippen LogP contribution is -2.47. The Hall–Kier alpha value is -4.50. The van der Waals surface area contributed by atoms with E-state index in [0.29, 0.717) is 73.4 Å². The number of piperazine rings is 1. The summed E-state index contributed by atoms with van der Waals surface area (Å²) in [7, 11) is 3.14. The first-order valence-electron chi connectivity index (χ1n) is 13.1. The van der Waals surface area contributed by atoms with E-state index in [1.165, 1.54) is 34.6 Å². The molecule has 0 radical (unpaired) electrons. The van der Waals surface area contributed by atoms with Crippen molar-refractivity contribution in [2.75, 3.05) is 63.7 Å². The third kappa shape index (κ3) is 4.86. The number of nitrogens with zero attached hydrogens (tertiary/aromatic N) is 8. The van der Waals surface area contributed by atoms with Crippen molar-refractivity contribution in [1.29, 1.82) is 0 Å². The summed E-state index contributed by atoms with van der Waals surface area (Å²) in [5.74, 6) is -0.999. The van der Waals surface area contributed by atoms with E-state index in [2.05, 4.69) is 20.0 Å². The maximum absolute atomic E-state index is 14.5. The molecule has 1 aliphatic rings. The highest BCUT2D eigenvalue weighted by Gasteiger charge is 2.24. The lowest BCUT2D eigenvalue weighted by Gasteiger charge is -2.36. The van der Waals surface area contributed by atoms with Crippen molar-refractivity contribution >= 4 is 28.4 Å². The zero-order chi connectivity index (χ0) is 28.7. The molecule has 5 aromatic rings. The normalized spacial score (nSPS) is 14.5. The van der Waals surface area contributed by atoms with E-state index in [-0.39, 0.29) is 24.9 Å². The van der Waals surface area contributed by atoms with E-state index in [1.807, 2.05) is 4.90 Å². The van der Waals surface area contributed by atoms with Crippen LogP contribution < -0.4 is 21.1 Å². The largest absolute Gasteiger partial charge is 0.485 e. The van der Waals surface area contributed by atoms with Gasteiger partial charge >= 0.3 is 5.69 Å². The Labute approximate surface area is 232 Å². The maximum atomic E-state index is 14.5. The monoisotopic (exact) mass is 569 g/mol. The van der Waals surface area contributed by atoms with Gasteiger partial charge in [-0.3, -0.25) is 14.0 Å². The van der Waals surface area contributed by atoms with Gasteiger partial charge in [0.1, 0.15) is 12.1 Å². The van der Waals surface area contributed by atoms with Crippen LogP contribution in [-0.4, -0.2) is 86.7 Å². The zero-order valence-corrected chi connectivity index (χ0v) is 22.6. The first kappa shape index (κ1) is 26.7. The highest BCUT2D eigenvalue weighted by Crippen LogP contribution is 2.29. The van der Waals surface area contributed by atoms with Crippen LogP contribution in [0.15, 0.2) is 39.7 Å². The lowest BCUT2D eigenvalue weighted by molar-refractivity contribution is 0.141. The highest BCUT2D eigenvalue weighted by atomic mass is 19.1. The lowest BCUT2D eigenvalue weighted by atomic mass is 10.2. The van der Waals surface area contributed by atoms with Gasteiger partial charge in [0, 0.05) is 71.2 Å². The number of methoxy groups -OCH3 is 1. The fourth-order valence-corrected chi connectivity index (χ4v) is 5.07. The van der Waals surface area contributed by atoms with Crippen molar-refractivity contribution in [2.45, 2.75) is 6.54 Å². The van der Waals surface area contributed by atoms with Crippen LogP contribution in [0.25, 0.3) is 28.4 Å². The number of aryl methyl sites for hydroxylation is 1. The Balaban J connectivity index is 1.16. The molecule has 0 unspecified atom stereocenters. The summed E-state index contributed by atoms with van der Waals surface area (Å²) in [4.78, 5) is 26.4. The van der Waals surface area contributed by atoms with Gasteiger partial charge in [0.05, 0.1) is 12.9 Å². The van der Waals surface area contributed by atoms with Gasteiger partial charge in [-0.2, -0.15) is 9.50 Å². The van der Waals surface area contributed by atoms with Gasteiger partial charge in [-0.05, 0) is 12.1 Å². The molecule has 0 atom stereocenters. The predicted molar refractivity (Wildman–Crippen MR) is 146 cm³/mol. The second-order valence-electron chi connectivity index (χ2n) is 9.69. The molecular weight excluding hydrogens is 540 g/mol. The zero-order valence-electron chi connectivity index (χ0n) is 22.6. The molecule has 5 heterocycles. The quantitative estimate of drug-likeness (QED) is 0.262. The number of ether oxygens (including phenoxy) is 2. The first-order valence-corrected chi connectivity index (χ1v) is 13.1. The molecule has 2 N–H and O–H groups in total. The molecule has 1 aliphatic heterocycles. The van der Waals surface area contributed by atoms with Crippen molar-refractivity contribution in [3.05, 3.63) is 52.6 Å². The first-order chi connectivity index (χ1) is 19.9. The maximum Gasteiger partial charge on any atom is 0.330 e.